The van der Waals surface area contributed by atoms with Gasteiger partial charge in [0.25, 0.3) is 0 Å². The second-order valence-electron chi connectivity index (χ2n) is 4.35. The maximum Gasteiger partial charge on any atom is 0.0868 e. The normalized spacial score (nSPS) is 30.3. The van der Waals surface area contributed by atoms with Gasteiger partial charge >= 0.3 is 0 Å². The summed E-state index contributed by atoms with van der Waals surface area (Å²) in [6.45, 7) is 8.87. The third-order valence-electron chi connectivity index (χ3n) is 3.28. The lowest BCUT2D eigenvalue weighted by molar-refractivity contribution is 0.495. The summed E-state index contributed by atoms with van der Waals surface area (Å²) in [6.07, 6.45) is 6.43. The van der Waals surface area contributed by atoms with Crippen LogP contribution in [0.15, 0.2) is 9.98 Å². The Morgan fingerprint density at radius 1 is 0.929 bits per heavy atom. The average molecular weight is 194 g/mol. The molecule has 0 saturated heterocycles. The molecule has 0 spiro atoms. The fourth-order valence-electron chi connectivity index (χ4n) is 1.52. The first-order valence-corrected chi connectivity index (χ1v) is 5.75. The minimum Gasteiger partial charge on any atom is -0.286 e. The molecule has 4 atom stereocenters. The molecule has 0 amide bonds. The summed E-state index contributed by atoms with van der Waals surface area (Å²) in [6, 6.07) is 0.639. The second-order valence-corrected chi connectivity index (χ2v) is 4.35. The molecule has 80 valence electrons. The van der Waals surface area contributed by atoms with Crippen molar-refractivity contribution in [2.45, 2.75) is 52.6 Å². The van der Waals surface area contributed by atoms with E-state index in [2.05, 4.69) is 37.7 Å². The molecule has 0 N–H and O–H groups in total. The van der Waals surface area contributed by atoms with Crippen LogP contribution in [0.2, 0.25) is 0 Å². The molecule has 1 aliphatic heterocycles. The minimum atomic E-state index is 0.320. The van der Waals surface area contributed by atoms with E-state index in [1.54, 1.807) is 0 Å². The lowest BCUT2D eigenvalue weighted by Gasteiger charge is -2.22. The number of rotatable bonds is 4. The highest BCUT2D eigenvalue weighted by atomic mass is 14.9. The van der Waals surface area contributed by atoms with E-state index in [1.807, 2.05) is 12.4 Å². The average Bonchev–Trinajstić information content (AvgIpc) is 2.27. The molecule has 0 saturated carbocycles. The van der Waals surface area contributed by atoms with Crippen molar-refractivity contribution >= 4 is 12.4 Å². The zero-order valence-corrected chi connectivity index (χ0v) is 9.77. The van der Waals surface area contributed by atoms with Crippen LogP contribution in [0.3, 0.4) is 0 Å². The van der Waals surface area contributed by atoms with Crippen molar-refractivity contribution < 1.29 is 0 Å². The van der Waals surface area contributed by atoms with Gasteiger partial charge < -0.3 is 0 Å². The first kappa shape index (κ1) is 11.4. The maximum absolute atomic E-state index is 4.58. The Labute approximate surface area is 87.5 Å². The predicted octanol–water partition coefficient (Wildman–Crippen LogP) is 2.97. The molecular weight excluding hydrogens is 172 g/mol. The van der Waals surface area contributed by atoms with Crippen LogP contribution in [-0.4, -0.2) is 24.5 Å². The second kappa shape index (κ2) is 5.28. The third kappa shape index (κ3) is 2.66. The predicted molar refractivity (Wildman–Crippen MR) is 63.5 cm³/mol. The van der Waals surface area contributed by atoms with Gasteiger partial charge in [0.2, 0.25) is 0 Å². The Kier molecular flexibility index (Phi) is 4.30. The number of nitrogens with zero attached hydrogens (tertiary/aromatic N) is 2. The Morgan fingerprint density at radius 3 is 1.50 bits per heavy atom. The fraction of sp³-hybridized carbons (Fsp3) is 0.833. The summed E-state index contributed by atoms with van der Waals surface area (Å²) < 4.78 is 0. The van der Waals surface area contributed by atoms with Gasteiger partial charge in [-0.1, -0.05) is 40.5 Å². The summed E-state index contributed by atoms with van der Waals surface area (Å²) in [7, 11) is 0. The molecule has 0 aliphatic carbocycles. The van der Waals surface area contributed by atoms with Gasteiger partial charge in [-0.2, -0.15) is 0 Å². The van der Waals surface area contributed by atoms with Gasteiger partial charge in [0.05, 0.1) is 12.1 Å². The van der Waals surface area contributed by atoms with Gasteiger partial charge in [0.15, 0.2) is 0 Å². The van der Waals surface area contributed by atoms with Crippen LogP contribution in [0.1, 0.15) is 40.5 Å². The van der Waals surface area contributed by atoms with Crippen molar-refractivity contribution in [3.63, 3.8) is 0 Å². The smallest absolute Gasteiger partial charge is 0.0868 e. The minimum absolute atomic E-state index is 0.320. The van der Waals surface area contributed by atoms with Crippen LogP contribution in [0.25, 0.3) is 0 Å². The fourth-order valence-corrected chi connectivity index (χ4v) is 1.52. The van der Waals surface area contributed by atoms with Gasteiger partial charge in [0.1, 0.15) is 0 Å². The number of hydrogen-bond donors (Lipinski definition) is 0. The zero-order valence-electron chi connectivity index (χ0n) is 9.77. The summed E-state index contributed by atoms with van der Waals surface area (Å²) in [5.41, 5.74) is 0. The lowest BCUT2D eigenvalue weighted by atomic mass is 9.96. The van der Waals surface area contributed by atoms with Crippen molar-refractivity contribution in [3.05, 3.63) is 0 Å². The van der Waals surface area contributed by atoms with Crippen LogP contribution < -0.4 is 0 Å². The quantitative estimate of drug-likeness (QED) is 0.657. The summed E-state index contributed by atoms with van der Waals surface area (Å²) in [5.74, 6) is 1.24. The van der Waals surface area contributed by atoms with Crippen molar-refractivity contribution in [1.29, 1.82) is 0 Å². The number of aliphatic imine (C=N–C) groups is 2. The van der Waals surface area contributed by atoms with E-state index in [4.69, 9.17) is 0 Å². The molecule has 1 rings (SSSR count). The number of hydrogen-bond acceptors (Lipinski definition) is 2. The van der Waals surface area contributed by atoms with Gasteiger partial charge in [-0.15, -0.1) is 0 Å². The Bertz CT molecular complexity index is 184. The lowest BCUT2D eigenvalue weighted by Crippen LogP contribution is -2.27. The largest absolute Gasteiger partial charge is 0.286 e. The van der Waals surface area contributed by atoms with Crippen molar-refractivity contribution in [2.75, 3.05) is 0 Å². The standard InChI is InChI=1S/C12H22N2/c1-5-9(3)11-7-14-12(8-13-11)10(4)6-2/h7-12H,5-6H2,1-4H3. The van der Waals surface area contributed by atoms with E-state index in [1.165, 1.54) is 12.8 Å². The van der Waals surface area contributed by atoms with Gasteiger partial charge in [0, 0.05) is 12.4 Å². The molecule has 0 radical (unpaired) electrons. The van der Waals surface area contributed by atoms with Crippen LogP contribution in [0, 0.1) is 11.8 Å². The molecule has 0 aromatic rings. The van der Waals surface area contributed by atoms with Crippen molar-refractivity contribution in [2.24, 2.45) is 21.8 Å². The van der Waals surface area contributed by atoms with E-state index in [0.29, 0.717) is 23.9 Å². The first-order chi connectivity index (χ1) is 6.69. The van der Waals surface area contributed by atoms with Crippen LogP contribution >= 0.6 is 0 Å². The van der Waals surface area contributed by atoms with Crippen molar-refractivity contribution in [3.8, 4) is 0 Å². The zero-order chi connectivity index (χ0) is 10.6. The Balaban J connectivity index is 2.52. The molecule has 4 unspecified atom stereocenters. The van der Waals surface area contributed by atoms with Crippen molar-refractivity contribution in [1.82, 2.24) is 0 Å². The first-order valence-electron chi connectivity index (χ1n) is 5.75. The summed E-state index contributed by atoms with van der Waals surface area (Å²) >= 11 is 0. The van der Waals surface area contributed by atoms with E-state index >= 15 is 0 Å². The third-order valence-corrected chi connectivity index (χ3v) is 3.28. The topological polar surface area (TPSA) is 24.7 Å². The van der Waals surface area contributed by atoms with Gasteiger partial charge in [-0.05, 0) is 11.8 Å². The molecule has 14 heavy (non-hydrogen) atoms. The SMILES string of the molecule is CCC(C)C1C=NC(C(C)CC)C=N1. The monoisotopic (exact) mass is 194 g/mol. The van der Waals surface area contributed by atoms with Crippen LogP contribution in [0.4, 0.5) is 0 Å². The highest BCUT2D eigenvalue weighted by Crippen LogP contribution is 2.16. The molecule has 0 aromatic carbocycles. The van der Waals surface area contributed by atoms with Crippen LogP contribution in [-0.2, 0) is 0 Å². The molecular formula is C12H22N2. The molecule has 1 heterocycles. The molecule has 0 aromatic heterocycles. The Hall–Kier alpha value is -0.660. The summed E-state index contributed by atoms with van der Waals surface area (Å²) in [5, 5.41) is 0. The molecule has 2 heteroatoms. The van der Waals surface area contributed by atoms with Gasteiger partial charge in [-0.3, -0.25) is 9.98 Å². The summed E-state index contributed by atoms with van der Waals surface area (Å²) in [4.78, 5) is 9.15. The van der Waals surface area contributed by atoms with E-state index < -0.39 is 0 Å². The molecule has 2 nitrogen and oxygen atoms in total. The van der Waals surface area contributed by atoms with Crippen LogP contribution in [0.5, 0.6) is 0 Å². The highest BCUT2D eigenvalue weighted by molar-refractivity contribution is 5.78. The maximum atomic E-state index is 4.58. The molecule has 1 aliphatic rings. The Morgan fingerprint density at radius 2 is 1.29 bits per heavy atom. The van der Waals surface area contributed by atoms with E-state index in [-0.39, 0.29) is 0 Å². The molecule has 0 fully saturated rings. The molecule has 0 bridgehead atoms. The van der Waals surface area contributed by atoms with Gasteiger partial charge in [-0.25, -0.2) is 0 Å². The highest BCUT2D eigenvalue weighted by Gasteiger charge is 2.19. The van der Waals surface area contributed by atoms with E-state index in [9.17, 15) is 0 Å². The van der Waals surface area contributed by atoms with E-state index in [0.717, 1.165) is 0 Å².